The minimum absolute atomic E-state index is 0.0868. The Hall–Kier alpha value is -2.50. The molecule has 0 saturated carbocycles. The van der Waals surface area contributed by atoms with Gasteiger partial charge in [-0.1, -0.05) is 0 Å². The first-order valence-corrected chi connectivity index (χ1v) is 4.79. The summed E-state index contributed by atoms with van der Waals surface area (Å²) in [6.45, 7) is 0. The number of nitrogens with one attached hydrogen (secondary N) is 1. The zero-order valence-electron chi connectivity index (χ0n) is 8.72. The molecule has 0 aromatic carbocycles. The van der Waals surface area contributed by atoms with Crippen LogP contribution in [-0.4, -0.2) is 15.9 Å². The fraction of sp³-hybridized carbons (Fsp3) is 0. The maximum absolute atomic E-state index is 13.3. The normalized spacial score (nSPS) is 9.94. The van der Waals surface area contributed by atoms with Crippen LogP contribution in [0.4, 0.5) is 15.8 Å². The van der Waals surface area contributed by atoms with Crippen molar-refractivity contribution in [1.29, 1.82) is 0 Å². The van der Waals surface area contributed by atoms with E-state index in [1.165, 1.54) is 30.7 Å². The van der Waals surface area contributed by atoms with Gasteiger partial charge in [0.05, 0.1) is 29.3 Å². The highest BCUT2D eigenvalue weighted by Crippen LogP contribution is 2.16. The lowest BCUT2D eigenvalue weighted by atomic mass is 10.2. The number of halogens is 1. The molecule has 2 heterocycles. The van der Waals surface area contributed by atoms with E-state index in [9.17, 15) is 9.18 Å². The number of anilines is 2. The Labute approximate surface area is 96.5 Å². The molecule has 17 heavy (non-hydrogen) atoms. The Morgan fingerprint density at radius 2 is 1.94 bits per heavy atom. The van der Waals surface area contributed by atoms with E-state index in [-0.39, 0.29) is 5.56 Å². The molecule has 0 saturated heterocycles. The fourth-order valence-electron chi connectivity index (χ4n) is 1.27. The minimum Gasteiger partial charge on any atom is -0.396 e. The van der Waals surface area contributed by atoms with Crippen molar-refractivity contribution in [3.8, 4) is 0 Å². The fourth-order valence-corrected chi connectivity index (χ4v) is 1.27. The van der Waals surface area contributed by atoms with E-state index in [1.54, 1.807) is 0 Å². The van der Waals surface area contributed by atoms with Crippen LogP contribution in [0.15, 0.2) is 36.9 Å². The number of nitrogens with zero attached hydrogens (tertiary/aromatic N) is 2. The van der Waals surface area contributed by atoms with E-state index >= 15 is 0 Å². The molecular weight excluding hydrogens is 223 g/mol. The Balaban J connectivity index is 2.24. The molecule has 0 bridgehead atoms. The summed E-state index contributed by atoms with van der Waals surface area (Å²) in [5.41, 5.74) is 6.22. The number of nitrogen functional groups attached to an aromatic ring is 1. The number of hydrogen-bond acceptors (Lipinski definition) is 4. The maximum atomic E-state index is 13.3. The van der Waals surface area contributed by atoms with Crippen molar-refractivity contribution in [2.24, 2.45) is 0 Å². The maximum Gasteiger partial charge on any atom is 0.258 e. The molecule has 0 atom stereocenters. The first kappa shape index (κ1) is 11.0. The summed E-state index contributed by atoms with van der Waals surface area (Å²) in [6, 6.07) is 2.83. The van der Waals surface area contributed by atoms with Crippen LogP contribution in [0.5, 0.6) is 0 Å². The summed E-state index contributed by atoms with van der Waals surface area (Å²) in [5, 5.41) is 2.50. The second kappa shape index (κ2) is 4.56. The van der Waals surface area contributed by atoms with E-state index in [1.807, 2.05) is 0 Å². The van der Waals surface area contributed by atoms with E-state index in [4.69, 9.17) is 5.73 Å². The van der Waals surface area contributed by atoms with Gasteiger partial charge in [0.2, 0.25) is 0 Å². The van der Waals surface area contributed by atoms with Crippen molar-refractivity contribution in [1.82, 2.24) is 9.97 Å². The smallest absolute Gasteiger partial charge is 0.258 e. The zero-order valence-corrected chi connectivity index (χ0v) is 8.72. The summed E-state index contributed by atoms with van der Waals surface area (Å²) < 4.78 is 13.3. The van der Waals surface area contributed by atoms with Gasteiger partial charge in [-0.25, -0.2) is 4.39 Å². The molecule has 5 nitrogen and oxygen atoms in total. The minimum atomic E-state index is -0.683. The van der Waals surface area contributed by atoms with Gasteiger partial charge in [-0.3, -0.25) is 14.8 Å². The standard InChI is InChI=1S/C11H9FN4O/c12-8-5-14-3-1-7(8)11(17)16-10-2-4-15-6-9(10)13/h1-6H,13H2,(H,15,16,17). The van der Waals surface area contributed by atoms with Gasteiger partial charge < -0.3 is 11.1 Å². The van der Waals surface area contributed by atoms with E-state index in [0.717, 1.165) is 6.20 Å². The van der Waals surface area contributed by atoms with Crippen LogP contribution in [0.25, 0.3) is 0 Å². The Kier molecular flexibility index (Phi) is 2.95. The van der Waals surface area contributed by atoms with Crippen LogP contribution in [0.1, 0.15) is 10.4 Å². The van der Waals surface area contributed by atoms with Gasteiger partial charge in [0.1, 0.15) is 0 Å². The second-order valence-corrected chi connectivity index (χ2v) is 3.27. The Bertz CT molecular complexity index is 559. The number of carbonyl (C=O) groups is 1. The van der Waals surface area contributed by atoms with Gasteiger partial charge in [0, 0.05) is 12.4 Å². The van der Waals surface area contributed by atoms with Gasteiger partial charge in [0.25, 0.3) is 5.91 Å². The molecule has 3 N–H and O–H groups in total. The number of nitrogens with two attached hydrogens (primary N) is 1. The average molecular weight is 232 g/mol. The molecular formula is C11H9FN4O. The monoisotopic (exact) mass is 232 g/mol. The van der Waals surface area contributed by atoms with Crippen LogP contribution in [0.2, 0.25) is 0 Å². The lowest BCUT2D eigenvalue weighted by Gasteiger charge is -2.07. The van der Waals surface area contributed by atoms with Gasteiger partial charge in [0.15, 0.2) is 5.82 Å². The number of amides is 1. The lowest BCUT2D eigenvalue weighted by Crippen LogP contribution is -2.15. The lowest BCUT2D eigenvalue weighted by molar-refractivity contribution is 0.102. The second-order valence-electron chi connectivity index (χ2n) is 3.27. The summed E-state index contributed by atoms with van der Waals surface area (Å²) in [7, 11) is 0. The molecule has 0 unspecified atom stereocenters. The number of hydrogen-bond donors (Lipinski definition) is 2. The number of pyridine rings is 2. The van der Waals surface area contributed by atoms with Crippen molar-refractivity contribution in [3.63, 3.8) is 0 Å². The molecule has 1 amide bonds. The average Bonchev–Trinajstić information content (AvgIpc) is 2.32. The topological polar surface area (TPSA) is 80.9 Å². The molecule has 6 heteroatoms. The SMILES string of the molecule is Nc1cnccc1NC(=O)c1ccncc1F. The van der Waals surface area contributed by atoms with Gasteiger partial charge in [-0.05, 0) is 12.1 Å². The third-order valence-corrected chi connectivity index (χ3v) is 2.12. The molecule has 0 radical (unpaired) electrons. The quantitative estimate of drug-likeness (QED) is 0.821. The van der Waals surface area contributed by atoms with Gasteiger partial charge >= 0.3 is 0 Å². The number of aromatic nitrogens is 2. The zero-order chi connectivity index (χ0) is 12.3. The Morgan fingerprint density at radius 3 is 2.65 bits per heavy atom. The van der Waals surface area contributed by atoms with Crippen molar-refractivity contribution in [2.45, 2.75) is 0 Å². The molecule has 0 aliphatic heterocycles. The summed E-state index contributed by atoms with van der Waals surface area (Å²) in [5.74, 6) is -1.26. The molecule has 0 spiro atoms. The highest BCUT2D eigenvalue weighted by Gasteiger charge is 2.12. The third kappa shape index (κ3) is 2.36. The Morgan fingerprint density at radius 1 is 1.24 bits per heavy atom. The van der Waals surface area contributed by atoms with Crippen LogP contribution in [0, 0.1) is 5.82 Å². The molecule has 0 aliphatic carbocycles. The highest BCUT2D eigenvalue weighted by molar-refractivity contribution is 6.05. The summed E-state index contributed by atoms with van der Waals surface area (Å²) in [4.78, 5) is 19.1. The largest absolute Gasteiger partial charge is 0.396 e. The first-order valence-electron chi connectivity index (χ1n) is 4.79. The summed E-state index contributed by atoms with van der Waals surface area (Å²) >= 11 is 0. The van der Waals surface area contributed by atoms with Gasteiger partial charge in [-0.15, -0.1) is 0 Å². The molecule has 86 valence electrons. The van der Waals surface area contributed by atoms with Crippen LogP contribution >= 0.6 is 0 Å². The van der Waals surface area contributed by atoms with E-state index < -0.39 is 11.7 Å². The predicted octanol–water partition coefficient (Wildman–Crippen LogP) is 1.45. The van der Waals surface area contributed by atoms with Gasteiger partial charge in [-0.2, -0.15) is 0 Å². The van der Waals surface area contributed by atoms with E-state index in [2.05, 4.69) is 15.3 Å². The molecule has 2 aromatic rings. The van der Waals surface area contributed by atoms with Crippen molar-refractivity contribution in [3.05, 3.63) is 48.3 Å². The van der Waals surface area contributed by atoms with Crippen molar-refractivity contribution in [2.75, 3.05) is 11.1 Å². The predicted molar refractivity (Wildman–Crippen MR) is 60.8 cm³/mol. The van der Waals surface area contributed by atoms with Crippen LogP contribution in [0.3, 0.4) is 0 Å². The van der Waals surface area contributed by atoms with Crippen LogP contribution < -0.4 is 11.1 Å². The third-order valence-electron chi connectivity index (χ3n) is 2.12. The molecule has 0 aliphatic rings. The summed E-state index contributed by atoms with van der Waals surface area (Å²) in [6.07, 6.45) is 5.20. The molecule has 2 rings (SSSR count). The first-order chi connectivity index (χ1) is 8.18. The van der Waals surface area contributed by atoms with Crippen LogP contribution in [-0.2, 0) is 0 Å². The number of rotatable bonds is 2. The molecule has 2 aromatic heterocycles. The van der Waals surface area contributed by atoms with Crippen molar-refractivity contribution >= 4 is 17.3 Å². The van der Waals surface area contributed by atoms with Crippen molar-refractivity contribution < 1.29 is 9.18 Å². The highest BCUT2D eigenvalue weighted by atomic mass is 19.1. The van der Waals surface area contributed by atoms with E-state index in [0.29, 0.717) is 11.4 Å². The number of carbonyl (C=O) groups excluding carboxylic acids is 1. The molecule has 0 fully saturated rings.